The Morgan fingerprint density at radius 1 is 0.951 bits per heavy atom. The van der Waals surface area contributed by atoms with Gasteiger partial charge in [0, 0.05) is 12.0 Å². The van der Waals surface area contributed by atoms with Gasteiger partial charge in [0.2, 0.25) is 0 Å². The van der Waals surface area contributed by atoms with E-state index in [2.05, 4.69) is 114 Å². The van der Waals surface area contributed by atoms with Crippen molar-refractivity contribution >= 4 is 24.2 Å². The topological polar surface area (TPSA) is 29.6 Å². The molecule has 3 saturated carbocycles. The van der Waals surface area contributed by atoms with Crippen molar-refractivity contribution in [3.05, 3.63) is 96.1 Å². The molecule has 2 aromatic carbocycles. The average molecular weight is 565 g/mol. The fraction of sp³-hybridized carbons (Fsp3) is 0.500. The number of carbonyl (C=O) groups is 1. The van der Waals surface area contributed by atoms with E-state index in [1.165, 1.54) is 42.5 Å². The third kappa shape index (κ3) is 4.68. The Hall–Kier alpha value is -2.49. The van der Waals surface area contributed by atoms with Gasteiger partial charge in [0.15, 0.2) is 0 Å². The SMILES string of the molecule is C=C1CC([Si](c2ccccc2)(c2ccccc2)C(C)(C)C)C(=O)CC1=CC=C1CCC[C@]2(C)[C@@H](C3(C)CO3)CC[C@@H]12. The highest BCUT2D eigenvalue weighted by Crippen LogP contribution is 2.63. The molecule has 41 heavy (non-hydrogen) atoms. The number of fused-ring (bicyclic) bond motifs is 1. The van der Waals surface area contributed by atoms with E-state index in [4.69, 9.17) is 4.74 Å². The predicted molar refractivity (Wildman–Crippen MR) is 173 cm³/mol. The first-order valence-corrected chi connectivity index (χ1v) is 17.9. The molecule has 0 bridgehead atoms. The lowest BCUT2D eigenvalue weighted by Crippen LogP contribution is -2.68. The summed E-state index contributed by atoms with van der Waals surface area (Å²) in [4.78, 5) is 14.4. The summed E-state index contributed by atoms with van der Waals surface area (Å²) in [5.41, 5.74) is 4.30. The van der Waals surface area contributed by atoms with Gasteiger partial charge in [0.05, 0.1) is 12.2 Å². The molecule has 0 N–H and O–H groups in total. The van der Waals surface area contributed by atoms with Crippen molar-refractivity contribution in [2.45, 2.75) is 95.7 Å². The number of rotatable bonds is 5. The van der Waals surface area contributed by atoms with Crippen molar-refractivity contribution in [2.75, 3.05) is 6.61 Å². The Morgan fingerprint density at radius 2 is 1.56 bits per heavy atom. The quantitative estimate of drug-likeness (QED) is 0.271. The van der Waals surface area contributed by atoms with Gasteiger partial charge >= 0.3 is 0 Å². The lowest BCUT2D eigenvalue weighted by molar-refractivity contribution is -0.118. The van der Waals surface area contributed by atoms with Crippen molar-refractivity contribution < 1.29 is 9.53 Å². The standard InChI is InChI=1S/C38H48O2Si/c1-27-24-34(41(36(2,3)4,30-15-9-7-10-16-30)31-17-11-8-12-18-31)33(39)25-29(27)20-19-28-14-13-23-37(5)32(28)21-22-35(37)38(6)26-40-38/h7-12,15-20,32,34-35H,1,13-14,21-26H2,2-6H3/t32-,34?,35-,37-,38?/m0/s1. The zero-order valence-electron chi connectivity index (χ0n) is 25.8. The van der Waals surface area contributed by atoms with Crippen LogP contribution in [-0.2, 0) is 9.53 Å². The number of Topliss-reactive ketones (excluding diaryl/α,β-unsaturated/α-hetero) is 1. The molecule has 216 valence electrons. The maximum atomic E-state index is 14.4. The van der Waals surface area contributed by atoms with Crippen molar-refractivity contribution in [1.29, 1.82) is 0 Å². The minimum atomic E-state index is -2.55. The van der Waals surface area contributed by atoms with Crippen molar-refractivity contribution in [2.24, 2.45) is 17.3 Å². The number of hydrogen-bond acceptors (Lipinski definition) is 2. The Balaban J connectivity index is 1.32. The van der Waals surface area contributed by atoms with Crippen LogP contribution in [-0.4, -0.2) is 26.1 Å². The van der Waals surface area contributed by atoms with Crippen LogP contribution in [0.2, 0.25) is 10.6 Å². The summed E-state index contributed by atoms with van der Waals surface area (Å²) in [6, 6.07) is 21.9. The summed E-state index contributed by atoms with van der Waals surface area (Å²) in [7, 11) is -2.55. The average Bonchev–Trinajstić information content (AvgIpc) is 3.57. The van der Waals surface area contributed by atoms with Gasteiger partial charge in [0.1, 0.15) is 13.9 Å². The first-order chi connectivity index (χ1) is 19.5. The second-order valence-electron chi connectivity index (χ2n) is 14.9. The van der Waals surface area contributed by atoms with Crippen molar-refractivity contribution in [1.82, 2.24) is 0 Å². The molecule has 2 unspecified atom stereocenters. The maximum absolute atomic E-state index is 14.4. The van der Waals surface area contributed by atoms with Crippen LogP contribution in [0.5, 0.6) is 0 Å². The van der Waals surface area contributed by atoms with Gasteiger partial charge in [0.25, 0.3) is 0 Å². The Kier molecular flexibility index (Phi) is 7.22. The van der Waals surface area contributed by atoms with Crippen LogP contribution in [0.15, 0.2) is 96.1 Å². The molecular weight excluding hydrogens is 517 g/mol. The molecule has 4 fully saturated rings. The molecule has 0 spiro atoms. The van der Waals surface area contributed by atoms with Crippen LogP contribution in [0.25, 0.3) is 0 Å². The van der Waals surface area contributed by atoms with E-state index in [-0.39, 0.29) is 16.2 Å². The van der Waals surface area contributed by atoms with Crippen LogP contribution in [0, 0.1) is 17.3 Å². The van der Waals surface area contributed by atoms with Gasteiger partial charge in [-0.1, -0.05) is 129 Å². The smallest absolute Gasteiger partial charge is 0.138 e. The fourth-order valence-corrected chi connectivity index (χ4v) is 16.1. The third-order valence-electron chi connectivity index (χ3n) is 11.6. The first kappa shape index (κ1) is 28.6. The van der Waals surface area contributed by atoms with Gasteiger partial charge in [-0.3, -0.25) is 4.79 Å². The van der Waals surface area contributed by atoms with E-state index in [1.54, 1.807) is 5.57 Å². The highest BCUT2D eigenvalue weighted by molar-refractivity contribution is 7.07. The van der Waals surface area contributed by atoms with Gasteiger partial charge in [-0.15, -0.1) is 0 Å². The second kappa shape index (κ2) is 10.3. The molecule has 3 aliphatic carbocycles. The lowest BCUT2D eigenvalue weighted by atomic mass is 9.61. The van der Waals surface area contributed by atoms with Gasteiger partial charge in [-0.25, -0.2) is 0 Å². The number of epoxide rings is 1. The Labute approximate surface area is 249 Å². The number of allylic oxidation sites excluding steroid dienone is 5. The highest BCUT2D eigenvalue weighted by atomic mass is 28.3. The maximum Gasteiger partial charge on any atom is 0.138 e. The molecule has 1 saturated heterocycles. The van der Waals surface area contributed by atoms with E-state index in [0.29, 0.717) is 29.5 Å². The molecule has 1 heterocycles. The van der Waals surface area contributed by atoms with E-state index >= 15 is 0 Å². The van der Waals surface area contributed by atoms with Gasteiger partial charge in [-0.2, -0.15) is 0 Å². The van der Waals surface area contributed by atoms with E-state index in [0.717, 1.165) is 24.2 Å². The number of benzene rings is 2. The first-order valence-electron chi connectivity index (χ1n) is 15.9. The van der Waals surface area contributed by atoms with Crippen molar-refractivity contribution in [3.63, 3.8) is 0 Å². The molecule has 2 nitrogen and oxygen atoms in total. The van der Waals surface area contributed by atoms with E-state index in [1.807, 2.05) is 0 Å². The van der Waals surface area contributed by atoms with Crippen LogP contribution in [0.4, 0.5) is 0 Å². The molecule has 0 amide bonds. The largest absolute Gasteiger partial charge is 0.370 e. The van der Waals surface area contributed by atoms with Gasteiger partial charge < -0.3 is 4.74 Å². The van der Waals surface area contributed by atoms with Crippen LogP contribution in [0.1, 0.15) is 79.6 Å². The van der Waals surface area contributed by atoms with Crippen LogP contribution < -0.4 is 10.4 Å². The summed E-state index contributed by atoms with van der Waals surface area (Å²) in [5.74, 6) is 1.69. The number of hydrogen-bond donors (Lipinski definition) is 0. The molecule has 2 aromatic rings. The highest BCUT2D eigenvalue weighted by Gasteiger charge is 2.60. The predicted octanol–water partition coefficient (Wildman–Crippen LogP) is 8.20. The summed E-state index contributed by atoms with van der Waals surface area (Å²) in [6.07, 6.45) is 12.2. The Morgan fingerprint density at radius 3 is 2.12 bits per heavy atom. The normalized spacial score (nSPS) is 34.2. The molecule has 5 atom stereocenters. The Bertz CT molecular complexity index is 1330. The third-order valence-corrected chi connectivity index (χ3v) is 18.0. The fourth-order valence-electron chi connectivity index (χ4n) is 9.62. The summed E-state index contributed by atoms with van der Waals surface area (Å²) in [6.45, 7) is 17.5. The summed E-state index contributed by atoms with van der Waals surface area (Å²) < 4.78 is 5.96. The van der Waals surface area contributed by atoms with Gasteiger partial charge in [-0.05, 0) is 73.3 Å². The molecular formula is C38H48O2Si. The molecule has 4 aliphatic rings. The van der Waals surface area contributed by atoms with E-state index < -0.39 is 8.07 Å². The van der Waals surface area contributed by atoms with E-state index in [9.17, 15) is 4.79 Å². The molecule has 3 heteroatoms. The minimum Gasteiger partial charge on any atom is -0.370 e. The lowest BCUT2D eigenvalue weighted by Gasteiger charge is -2.50. The minimum absolute atomic E-state index is 0.0301. The van der Waals surface area contributed by atoms with Crippen LogP contribution >= 0.6 is 0 Å². The number of carbonyl (C=O) groups excluding carboxylic acids is 1. The van der Waals surface area contributed by atoms with Crippen LogP contribution in [0.3, 0.4) is 0 Å². The molecule has 6 rings (SSSR count). The monoisotopic (exact) mass is 564 g/mol. The second-order valence-corrected chi connectivity index (χ2v) is 19.8. The van der Waals surface area contributed by atoms with Crippen molar-refractivity contribution in [3.8, 4) is 0 Å². The summed E-state index contributed by atoms with van der Waals surface area (Å²) in [5, 5.41) is 2.66. The number of ether oxygens (including phenoxy) is 1. The molecule has 0 aromatic heterocycles. The zero-order valence-corrected chi connectivity index (χ0v) is 26.8. The molecule has 1 aliphatic heterocycles. The number of ketones is 1. The molecule has 0 radical (unpaired) electrons. The zero-order chi connectivity index (χ0) is 29.0. The summed E-state index contributed by atoms with van der Waals surface area (Å²) >= 11 is 0.